The van der Waals surface area contributed by atoms with Crippen LogP contribution in [-0.4, -0.2) is 23.8 Å². The average molecular weight is 449 g/mol. The van der Waals surface area contributed by atoms with Gasteiger partial charge in [-0.05, 0) is 62.1 Å². The third-order valence-corrected chi connectivity index (χ3v) is 5.67. The molecule has 0 radical (unpaired) electrons. The predicted octanol–water partition coefficient (Wildman–Crippen LogP) is 3.51. The summed E-state index contributed by atoms with van der Waals surface area (Å²) in [6, 6.07) is 10.6. The Morgan fingerprint density at radius 2 is 1.79 bits per heavy atom. The van der Waals surface area contributed by atoms with E-state index in [1.807, 2.05) is 26.0 Å². The van der Waals surface area contributed by atoms with E-state index in [0.717, 1.165) is 36.8 Å². The minimum atomic E-state index is -0.800. The highest BCUT2D eigenvalue weighted by molar-refractivity contribution is 6.39. The van der Waals surface area contributed by atoms with Gasteiger partial charge in [0, 0.05) is 17.8 Å². The SMILES string of the molecule is Cc1ccc(NC(=O)C(=O)NCc2ccc(/C=C(/C#N)C(=O)NC3CCCCC3)o2)cc1C. The van der Waals surface area contributed by atoms with Crippen LogP contribution in [0.1, 0.15) is 54.8 Å². The Labute approximate surface area is 193 Å². The van der Waals surface area contributed by atoms with Crippen LogP contribution in [0.4, 0.5) is 5.69 Å². The number of amides is 3. The van der Waals surface area contributed by atoms with Crippen molar-refractivity contribution < 1.29 is 18.8 Å². The number of aryl methyl sites for hydroxylation is 2. The Hall–Kier alpha value is -3.86. The number of carbonyl (C=O) groups is 3. The predicted molar refractivity (Wildman–Crippen MR) is 124 cm³/mol. The summed E-state index contributed by atoms with van der Waals surface area (Å²) in [5.74, 6) is -1.30. The van der Waals surface area contributed by atoms with Crippen molar-refractivity contribution in [2.24, 2.45) is 0 Å². The fraction of sp³-hybridized carbons (Fsp3) is 0.360. The number of hydrogen-bond acceptors (Lipinski definition) is 5. The molecule has 1 aliphatic carbocycles. The lowest BCUT2D eigenvalue weighted by Gasteiger charge is -2.22. The molecule has 3 N–H and O–H groups in total. The maximum Gasteiger partial charge on any atom is 0.313 e. The van der Waals surface area contributed by atoms with Crippen LogP contribution < -0.4 is 16.0 Å². The number of rotatable bonds is 6. The van der Waals surface area contributed by atoms with Gasteiger partial charge in [-0.1, -0.05) is 25.3 Å². The quantitative estimate of drug-likeness (QED) is 0.354. The molecule has 0 spiro atoms. The number of benzene rings is 1. The third-order valence-electron chi connectivity index (χ3n) is 5.67. The zero-order valence-electron chi connectivity index (χ0n) is 18.9. The van der Waals surface area contributed by atoms with Crippen LogP contribution in [0.3, 0.4) is 0 Å². The fourth-order valence-electron chi connectivity index (χ4n) is 3.62. The van der Waals surface area contributed by atoms with E-state index in [1.54, 1.807) is 24.3 Å². The molecule has 1 aromatic carbocycles. The second-order valence-electron chi connectivity index (χ2n) is 8.22. The van der Waals surface area contributed by atoms with Gasteiger partial charge < -0.3 is 20.4 Å². The van der Waals surface area contributed by atoms with Gasteiger partial charge in [0.25, 0.3) is 5.91 Å². The number of nitriles is 1. The van der Waals surface area contributed by atoms with Crippen molar-refractivity contribution >= 4 is 29.5 Å². The maximum atomic E-state index is 12.4. The summed E-state index contributed by atoms with van der Waals surface area (Å²) >= 11 is 0. The van der Waals surface area contributed by atoms with E-state index in [-0.39, 0.29) is 18.2 Å². The number of nitrogens with one attached hydrogen (secondary N) is 3. The summed E-state index contributed by atoms with van der Waals surface area (Å²) in [6.45, 7) is 3.87. The Kier molecular flexibility index (Phi) is 8.03. The van der Waals surface area contributed by atoms with Crippen molar-refractivity contribution in [3.05, 3.63) is 58.6 Å². The Balaban J connectivity index is 1.53. The normalized spacial score (nSPS) is 14.3. The lowest BCUT2D eigenvalue weighted by molar-refractivity contribution is -0.136. The smallest absolute Gasteiger partial charge is 0.313 e. The fourth-order valence-corrected chi connectivity index (χ4v) is 3.62. The Morgan fingerprint density at radius 1 is 1.03 bits per heavy atom. The van der Waals surface area contributed by atoms with E-state index in [4.69, 9.17) is 4.42 Å². The van der Waals surface area contributed by atoms with Gasteiger partial charge in [0.2, 0.25) is 0 Å². The molecule has 1 saturated carbocycles. The number of anilines is 1. The highest BCUT2D eigenvalue weighted by Crippen LogP contribution is 2.18. The molecule has 0 aliphatic heterocycles. The zero-order valence-corrected chi connectivity index (χ0v) is 18.9. The van der Waals surface area contributed by atoms with Gasteiger partial charge >= 0.3 is 11.8 Å². The van der Waals surface area contributed by atoms with Crippen molar-refractivity contribution in [2.75, 3.05) is 5.32 Å². The largest absolute Gasteiger partial charge is 0.460 e. The summed E-state index contributed by atoms with van der Waals surface area (Å²) in [5.41, 5.74) is 2.59. The van der Waals surface area contributed by atoms with Crippen LogP contribution in [0.25, 0.3) is 6.08 Å². The van der Waals surface area contributed by atoms with Crippen molar-refractivity contribution in [1.82, 2.24) is 10.6 Å². The molecule has 1 heterocycles. The Morgan fingerprint density at radius 3 is 2.48 bits per heavy atom. The van der Waals surface area contributed by atoms with Gasteiger partial charge in [-0.25, -0.2) is 0 Å². The molecule has 0 unspecified atom stereocenters. The first kappa shape index (κ1) is 23.8. The molecule has 0 saturated heterocycles. The van der Waals surface area contributed by atoms with E-state index < -0.39 is 17.7 Å². The standard InChI is InChI=1S/C25H28N4O4/c1-16-8-9-20(12-17(16)2)29-25(32)24(31)27-15-22-11-10-21(33-22)13-18(14-26)23(30)28-19-6-4-3-5-7-19/h8-13,19H,3-7,15H2,1-2H3,(H,27,31)(H,28,30)(H,29,32)/b18-13-. The van der Waals surface area contributed by atoms with Crippen molar-refractivity contribution in [3.63, 3.8) is 0 Å². The van der Waals surface area contributed by atoms with E-state index in [0.29, 0.717) is 17.2 Å². The molecule has 0 atom stereocenters. The molecule has 172 valence electrons. The van der Waals surface area contributed by atoms with E-state index in [2.05, 4.69) is 16.0 Å². The number of carbonyl (C=O) groups excluding carboxylic acids is 3. The number of hydrogen-bond donors (Lipinski definition) is 3. The van der Waals surface area contributed by atoms with Crippen LogP contribution in [0.15, 0.2) is 40.3 Å². The van der Waals surface area contributed by atoms with E-state index >= 15 is 0 Å². The summed E-state index contributed by atoms with van der Waals surface area (Å²) in [4.78, 5) is 36.6. The molecular formula is C25H28N4O4. The Bertz CT molecular complexity index is 1100. The lowest BCUT2D eigenvalue weighted by Crippen LogP contribution is -2.36. The topological polar surface area (TPSA) is 124 Å². The van der Waals surface area contributed by atoms with Gasteiger partial charge in [0.05, 0.1) is 6.54 Å². The van der Waals surface area contributed by atoms with Crippen molar-refractivity contribution in [3.8, 4) is 6.07 Å². The average Bonchev–Trinajstić information content (AvgIpc) is 3.26. The lowest BCUT2D eigenvalue weighted by atomic mass is 9.95. The van der Waals surface area contributed by atoms with E-state index in [1.165, 1.54) is 12.5 Å². The van der Waals surface area contributed by atoms with Crippen LogP contribution in [0.2, 0.25) is 0 Å². The summed E-state index contributed by atoms with van der Waals surface area (Å²) < 4.78 is 5.58. The molecule has 8 heteroatoms. The van der Waals surface area contributed by atoms with E-state index in [9.17, 15) is 19.6 Å². The molecule has 1 aromatic heterocycles. The van der Waals surface area contributed by atoms with Gasteiger partial charge in [0.1, 0.15) is 23.2 Å². The first-order valence-corrected chi connectivity index (χ1v) is 11.0. The molecule has 2 aromatic rings. The second kappa shape index (κ2) is 11.1. The summed E-state index contributed by atoms with van der Waals surface area (Å²) in [7, 11) is 0. The monoisotopic (exact) mass is 448 g/mol. The third kappa shape index (κ3) is 6.81. The molecule has 8 nitrogen and oxygen atoms in total. The van der Waals surface area contributed by atoms with Gasteiger partial charge in [-0.15, -0.1) is 0 Å². The van der Waals surface area contributed by atoms with Crippen LogP contribution >= 0.6 is 0 Å². The second-order valence-corrected chi connectivity index (χ2v) is 8.22. The highest BCUT2D eigenvalue weighted by atomic mass is 16.3. The maximum absolute atomic E-state index is 12.4. The van der Waals surface area contributed by atoms with Gasteiger partial charge in [-0.3, -0.25) is 14.4 Å². The first-order chi connectivity index (χ1) is 15.9. The number of nitrogens with zero attached hydrogens (tertiary/aromatic N) is 1. The van der Waals surface area contributed by atoms with Crippen molar-refractivity contribution in [2.45, 2.75) is 58.5 Å². The minimum Gasteiger partial charge on any atom is -0.460 e. The molecule has 3 rings (SSSR count). The van der Waals surface area contributed by atoms with Crippen LogP contribution in [-0.2, 0) is 20.9 Å². The molecule has 3 amide bonds. The molecule has 33 heavy (non-hydrogen) atoms. The van der Waals surface area contributed by atoms with Crippen LogP contribution in [0, 0.1) is 25.2 Å². The molecule has 1 fully saturated rings. The highest BCUT2D eigenvalue weighted by Gasteiger charge is 2.19. The minimum absolute atomic E-state index is 0.0107. The number of furan rings is 1. The summed E-state index contributed by atoms with van der Waals surface area (Å²) in [5, 5.41) is 17.3. The molecular weight excluding hydrogens is 420 g/mol. The zero-order chi connectivity index (χ0) is 23.8. The van der Waals surface area contributed by atoms with Crippen molar-refractivity contribution in [1.29, 1.82) is 5.26 Å². The molecule has 1 aliphatic rings. The first-order valence-electron chi connectivity index (χ1n) is 11.0. The van der Waals surface area contributed by atoms with Gasteiger partial charge in [0.15, 0.2) is 0 Å². The summed E-state index contributed by atoms with van der Waals surface area (Å²) in [6.07, 6.45) is 6.54. The molecule has 0 bridgehead atoms. The van der Waals surface area contributed by atoms with Gasteiger partial charge in [-0.2, -0.15) is 5.26 Å². The van der Waals surface area contributed by atoms with Crippen LogP contribution in [0.5, 0.6) is 0 Å².